The van der Waals surface area contributed by atoms with Crippen molar-refractivity contribution in [3.8, 4) is 0 Å². The fourth-order valence-electron chi connectivity index (χ4n) is 2.00. The molecule has 0 saturated heterocycles. The summed E-state index contributed by atoms with van der Waals surface area (Å²) in [6.07, 6.45) is 4.11. The highest BCUT2D eigenvalue weighted by molar-refractivity contribution is 5.79. The Morgan fingerprint density at radius 3 is 2.93 bits per heavy atom. The summed E-state index contributed by atoms with van der Waals surface area (Å²) in [5, 5.41) is 0. The van der Waals surface area contributed by atoms with Crippen molar-refractivity contribution in [2.24, 2.45) is 5.73 Å². The summed E-state index contributed by atoms with van der Waals surface area (Å²) in [4.78, 5) is 4.27. The Balaban J connectivity index is 2.33. The van der Waals surface area contributed by atoms with E-state index >= 15 is 0 Å². The second-order valence-corrected chi connectivity index (χ2v) is 3.98. The van der Waals surface area contributed by atoms with Crippen LogP contribution in [0.1, 0.15) is 24.4 Å². The lowest BCUT2D eigenvalue weighted by atomic mass is 10.1. The number of rotatable bonds is 2. The molecule has 15 heavy (non-hydrogen) atoms. The molecule has 1 saturated carbocycles. The summed E-state index contributed by atoms with van der Waals surface area (Å²) < 4.78 is 15.6. The van der Waals surface area contributed by atoms with E-state index in [1.54, 1.807) is 12.4 Å². The lowest BCUT2D eigenvalue weighted by molar-refractivity contribution is 0.611. The molecule has 0 unspecified atom stereocenters. The molecule has 1 aliphatic rings. The van der Waals surface area contributed by atoms with Crippen molar-refractivity contribution < 1.29 is 4.39 Å². The van der Waals surface area contributed by atoms with Crippen LogP contribution in [-0.2, 0) is 6.54 Å². The molecule has 4 heteroatoms. The summed E-state index contributed by atoms with van der Waals surface area (Å²) >= 11 is 0. The van der Waals surface area contributed by atoms with Gasteiger partial charge in [0.15, 0.2) is 0 Å². The highest BCUT2D eigenvalue weighted by Crippen LogP contribution is 2.38. The third-order valence-corrected chi connectivity index (χ3v) is 2.93. The summed E-state index contributed by atoms with van der Waals surface area (Å²) in [5.74, 6) is -0.229. The Labute approximate surface area is 86.7 Å². The van der Waals surface area contributed by atoms with Crippen molar-refractivity contribution in [3.63, 3.8) is 0 Å². The Morgan fingerprint density at radius 1 is 1.47 bits per heavy atom. The van der Waals surface area contributed by atoms with Crippen LogP contribution in [-0.4, -0.2) is 9.55 Å². The molecule has 1 heterocycles. The largest absolute Gasteiger partial charge is 0.327 e. The Morgan fingerprint density at radius 2 is 2.27 bits per heavy atom. The van der Waals surface area contributed by atoms with E-state index in [1.165, 1.54) is 6.07 Å². The molecule has 3 rings (SSSR count). The third kappa shape index (κ3) is 1.25. The molecule has 1 fully saturated rings. The SMILES string of the molecule is NCc1c(F)ccc2ncn(C3CC3)c12. The van der Waals surface area contributed by atoms with E-state index < -0.39 is 0 Å². The van der Waals surface area contributed by atoms with Gasteiger partial charge in [-0.15, -0.1) is 0 Å². The molecule has 2 N–H and O–H groups in total. The van der Waals surface area contributed by atoms with Gasteiger partial charge in [-0.05, 0) is 25.0 Å². The predicted octanol–water partition coefficient (Wildman–Crippen LogP) is 1.97. The van der Waals surface area contributed by atoms with Crippen LogP contribution in [0.5, 0.6) is 0 Å². The number of hydrogen-bond donors (Lipinski definition) is 1. The molecule has 0 spiro atoms. The van der Waals surface area contributed by atoms with E-state index in [0.29, 0.717) is 11.6 Å². The molecule has 2 aromatic rings. The molecule has 0 bridgehead atoms. The maximum Gasteiger partial charge on any atom is 0.129 e. The number of aromatic nitrogens is 2. The molecule has 1 aliphatic carbocycles. The highest BCUT2D eigenvalue weighted by Gasteiger charge is 2.26. The standard InChI is InChI=1S/C11H12FN3/c12-9-3-4-10-11(8(9)5-13)15(6-14-10)7-1-2-7/h3-4,6-7H,1-2,5,13H2. The van der Waals surface area contributed by atoms with Crippen LogP contribution in [0.2, 0.25) is 0 Å². The molecule has 1 aromatic carbocycles. The van der Waals surface area contributed by atoms with Crippen LogP contribution in [0.3, 0.4) is 0 Å². The summed E-state index contributed by atoms with van der Waals surface area (Å²) in [6, 6.07) is 3.65. The van der Waals surface area contributed by atoms with Gasteiger partial charge in [0.2, 0.25) is 0 Å². The lowest BCUT2D eigenvalue weighted by Gasteiger charge is -2.06. The minimum Gasteiger partial charge on any atom is -0.327 e. The Kier molecular flexibility index (Phi) is 1.79. The zero-order valence-electron chi connectivity index (χ0n) is 8.28. The Hall–Kier alpha value is -1.42. The topological polar surface area (TPSA) is 43.8 Å². The van der Waals surface area contributed by atoms with Gasteiger partial charge in [0.25, 0.3) is 0 Å². The van der Waals surface area contributed by atoms with Crippen LogP contribution in [0, 0.1) is 5.82 Å². The fraction of sp³-hybridized carbons (Fsp3) is 0.364. The van der Waals surface area contributed by atoms with Crippen molar-refractivity contribution in [1.82, 2.24) is 9.55 Å². The number of hydrogen-bond acceptors (Lipinski definition) is 2. The van der Waals surface area contributed by atoms with Gasteiger partial charge in [0, 0.05) is 18.2 Å². The van der Waals surface area contributed by atoms with Gasteiger partial charge in [-0.25, -0.2) is 9.37 Å². The van der Waals surface area contributed by atoms with Crippen LogP contribution in [0.25, 0.3) is 11.0 Å². The van der Waals surface area contributed by atoms with Gasteiger partial charge in [-0.2, -0.15) is 0 Å². The van der Waals surface area contributed by atoms with Gasteiger partial charge in [-0.3, -0.25) is 0 Å². The molecule has 78 valence electrons. The summed E-state index contributed by atoms with van der Waals surface area (Å²) in [6.45, 7) is 0.224. The maximum absolute atomic E-state index is 13.5. The van der Waals surface area contributed by atoms with Crippen LogP contribution in [0.4, 0.5) is 4.39 Å². The van der Waals surface area contributed by atoms with Gasteiger partial charge in [0.1, 0.15) is 5.82 Å². The second-order valence-electron chi connectivity index (χ2n) is 3.98. The number of nitrogens with zero attached hydrogens (tertiary/aromatic N) is 2. The molecule has 0 radical (unpaired) electrons. The average molecular weight is 205 g/mol. The minimum absolute atomic E-state index is 0.224. The first-order valence-electron chi connectivity index (χ1n) is 5.15. The monoisotopic (exact) mass is 205 g/mol. The number of imidazole rings is 1. The van der Waals surface area contributed by atoms with E-state index in [9.17, 15) is 4.39 Å². The molecule has 0 aliphatic heterocycles. The van der Waals surface area contributed by atoms with Crippen molar-refractivity contribution in [3.05, 3.63) is 29.8 Å². The number of benzene rings is 1. The second kappa shape index (κ2) is 3.03. The fourth-order valence-corrected chi connectivity index (χ4v) is 2.00. The first-order chi connectivity index (χ1) is 7.31. The summed E-state index contributed by atoms with van der Waals surface area (Å²) in [5.41, 5.74) is 7.88. The quantitative estimate of drug-likeness (QED) is 0.814. The number of fused-ring (bicyclic) bond motifs is 1. The smallest absolute Gasteiger partial charge is 0.129 e. The molecule has 1 aromatic heterocycles. The third-order valence-electron chi connectivity index (χ3n) is 2.93. The zero-order valence-corrected chi connectivity index (χ0v) is 8.28. The van der Waals surface area contributed by atoms with Crippen LogP contribution >= 0.6 is 0 Å². The van der Waals surface area contributed by atoms with E-state index in [2.05, 4.69) is 9.55 Å². The van der Waals surface area contributed by atoms with Gasteiger partial charge >= 0.3 is 0 Å². The number of nitrogens with two attached hydrogens (primary N) is 1. The lowest BCUT2D eigenvalue weighted by Crippen LogP contribution is -2.04. The van der Waals surface area contributed by atoms with Crippen molar-refractivity contribution in [2.75, 3.05) is 0 Å². The molecular formula is C11H12FN3. The van der Waals surface area contributed by atoms with E-state index in [1.807, 2.05) is 0 Å². The van der Waals surface area contributed by atoms with Crippen molar-refractivity contribution in [2.45, 2.75) is 25.4 Å². The minimum atomic E-state index is -0.229. The van der Waals surface area contributed by atoms with Crippen molar-refractivity contribution in [1.29, 1.82) is 0 Å². The predicted molar refractivity (Wildman–Crippen MR) is 55.9 cm³/mol. The highest BCUT2D eigenvalue weighted by atomic mass is 19.1. The van der Waals surface area contributed by atoms with E-state index in [0.717, 1.165) is 23.9 Å². The zero-order chi connectivity index (χ0) is 10.4. The van der Waals surface area contributed by atoms with Gasteiger partial charge in [0.05, 0.1) is 17.4 Å². The van der Waals surface area contributed by atoms with Crippen molar-refractivity contribution >= 4 is 11.0 Å². The molecular weight excluding hydrogens is 193 g/mol. The van der Waals surface area contributed by atoms with Gasteiger partial charge in [-0.1, -0.05) is 0 Å². The van der Waals surface area contributed by atoms with E-state index in [4.69, 9.17) is 5.73 Å². The molecule has 3 nitrogen and oxygen atoms in total. The van der Waals surface area contributed by atoms with Crippen LogP contribution < -0.4 is 5.73 Å². The first kappa shape index (κ1) is 8.85. The number of halogens is 1. The maximum atomic E-state index is 13.5. The van der Waals surface area contributed by atoms with Crippen LogP contribution in [0.15, 0.2) is 18.5 Å². The Bertz CT molecular complexity index is 514. The van der Waals surface area contributed by atoms with Gasteiger partial charge < -0.3 is 10.3 Å². The molecule has 0 atom stereocenters. The normalized spacial score (nSPS) is 16.1. The molecule has 0 amide bonds. The summed E-state index contributed by atoms with van der Waals surface area (Å²) in [7, 11) is 0. The average Bonchev–Trinajstić information content (AvgIpc) is 2.99. The first-order valence-corrected chi connectivity index (χ1v) is 5.15. The van der Waals surface area contributed by atoms with E-state index in [-0.39, 0.29) is 12.4 Å².